The Hall–Kier alpha value is -1.98. The molecule has 4 rings (SSSR count). The molecule has 0 amide bonds. The third-order valence-electron chi connectivity index (χ3n) is 5.55. The highest BCUT2D eigenvalue weighted by Crippen LogP contribution is 2.35. The average Bonchev–Trinajstić information content (AvgIpc) is 2.68. The Morgan fingerprint density at radius 3 is 2.48 bits per heavy atom. The minimum Gasteiger partial charge on any atom is -0.372 e. The topological polar surface area (TPSA) is 31.2 Å². The molecule has 0 saturated carbocycles. The maximum atomic E-state index is 5.08. The third kappa shape index (κ3) is 3.46. The van der Waals surface area contributed by atoms with E-state index in [2.05, 4.69) is 66.8 Å². The third-order valence-corrected chi connectivity index (χ3v) is 6.62. The number of anilines is 1. The molecule has 1 saturated heterocycles. The SMILES string of the molecule is CCN(CC)c1cc(C)c2nc3c(C)cc(=[N+]4CCNCC4)cc-3sc2c1. The van der Waals surface area contributed by atoms with Crippen molar-refractivity contribution < 1.29 is 0 Å². The Morgan fingerprint density at radius 1 is 1.04 bits per heavy atom. The van der Waals surface area contributed by atoms with Crippen LogP contribution in [0.25, 0.3) is 20.8 Å². The van der Waals surface area contributed by atoms with Crippen molar-refractivity contribution in [3.8, 4) is 10.6 Å². The fourth-order valence-corrected chi connectivity index (χ4v) is 5.21. The van der Waals surface area contributed by atoms with Crippen molar-refractivity contribution in [3.05, 3.63) is 40.7 Å². The molecule has 1 aliphatic carbocycles. The van der Waals surface area contributed by atoms with Gasteiger partial charge in [-0.15, -0.1) is 11.3 Å². The number of aromatic nitrogens is 1. The summed E-state index contributed by atoms with van der Waals surface area (Å²) in [7, 11) is 0. The van der Waals surface area contributed by atoms with E-state index in [4.69, 9.17) is 4.98 Å². The number of hydrogen-bond donors (Lipinski definition) is 1. The summed E-state index contributed by atoms with van der Waals surface area (Å²) in [5.74, 6) is 0. The van der Waals surface area contributed by atoms with Crippen LogP contribution < -0.4 is 20.1 Å². The molecule has 1 aromatic carbocycles. The molecule has 1 aromatic rings. The number of nitrogens with one attached hydrogen (secondary N) is 1. The van der Waals surface area contributed by atoms with E-state index in [0.29, 0.717) is 0 Å². The van der Waals surface area contributed by atoms with Gasteiger partial charge in [-0.25, -0.2) is 9.56 Å². The van der Waals surface area contributed by atoms with Crippen LogP contribution in [-0.2, 0) is 0 Å². The van der Waals surface area contributed by atoms with Crippen molar-refractivity contribution in [2.75, 3.05) is 44.2 Å². The Bertz CT molecular complexity index is 1010. The predicted molar refractivity (Wildman–Crippen MR) is 117 cm³/mol. The first-order valence-corrected chi connectivity index (χ1v) is 10.8. The van der Waals surface area contributed by atoms with Crippen LogP contribution in [0.1, 0.15) is 25.0 Å². The molecular formula is C22H29N4S+. The molecule has 0 aromatic heterocycles. The van der Waals surface area contributed by atoms with Crippen molar-refractivity contribution in [2.24, 2.45) is 0 Å². The summed E-state index contributed by atoms with van der Waals surface area (Å²) in [5, 5.41) is 4.77. The Kier molecular flexibility index (Phi) is 5.15. The predicted octanol–water partition coefficient (Wildman–Crippen LogP) is 3.24. The molecule has 142 valence electrons. The first-order valence-electron chi connectivity index (χ1n) is 10.00. The molecule has 4 nitrogen and oxygen atoms in total. The molecule has 2 heterocycles. The van der Waals surface area contributed by atoms with Gasteiger partial charge in [0.2, 0.25) is 5.36 Å². The van der Waals surface area contributed by atoms with Crippen LogP contribution in [0.4, 0.5) is 5.69 Å². The maximum Gasteiger partial charge on any atom is 0.201 e. The number of rotatable bonds is 3. The largest absolute Gasteiger partial charge is 0.372 e. The Labute approximate surface area is 165 Å². The van der Waals surface area contributed by atoms with Gasteiger partial charge in [-0.05, 0) is 51.0 Å². The van der Waals surface area contributed by atoms with Gasteiger partial charge in [-0.3, -0.25) is 0 Å². The highest BCUT2D eigenvalue weighted by Gasteiger charge is 2.17. The lowest BCUT2D eigenvalue weighted by molar-refractivity contribution is 0.466. The molecule has 5 heteroatoms. The molecule has 0 radical (unpaired) electrons. The molecular weight excluding hydrogens is 352 g/mol. The van der Waals surface area contributed by atoms with Crippen molar-refractivity contribution >= 4 is 27.2 Å². The van der Waals surface area contributed by atoms with Crippen LogP contribution in [0.15, 0.2) is 24.3 Å². The smallest absolute Gasteiger partial charge is 0.201 e. The zero-order valence-corrected chi connectivity index (χ0v) is 17.6. The highest BCUT2D eigenvalue weighted by atomic mass is 32.1. The van der Waals surface area contributed by atoms with E-state index in [-0.39, 0.29) is 0 Å². The van der Waals surface area contributed by atoms with Crippen LogP contribution in [0.2, 0.25) is 0 Å². The lowest BCUT2D eigenvalue weighted by Crippen LogP contribution is -2.45. The van der Waals surface area contributed by atoms with Crippen molar-refractivity contribution in [3.63, 3.8) is 0 Å². The molecule has 0 unspecified atom stereocenters. The minimum atomic E-state index is 1.03. The standard InChI is InChI=1S/C22H29N4S/c1-5-25(6-2)17-11-15(3)21-19(13-17)27-20-14-18(12-16(4)22(20)24-21)26-9-7-23-8-10-26/h11-14,23H,5-10H2,1-4H3/q+1. The summed E-state index contributed by atoms with van der Waals surface area (Å²) in [6, 6.07) is 9.24. The average molecular weight is 382 g/mol. The van der Waals surface area contributed by atoms with E-state index in [1.54, 1.807) is 0 Å². The lowest BCUT2D eigenvalue weighted by Gasteiger charge is -2.22. The second-order valence-electron chi connectivity index (χ2n) is 7.34. The Morgan fingerprint density at radius 2 is 1.78 bits per heavy atom. The summed E-state index contributed by atoms with van der Waals surface area (Å²) in [4.78, 5) is 8.77. The van der Waals surface area contributed by atoms with Gasteiger partial charge in [-0.1, -0.05) is 0 Å². The number of nitrogens with zero attached hydrogens (tertiary/aromatic N) is 3. The van der Waals surface area contributed by atoms with Crippen molar-refractivity contribution in [2.45, 2.75) is 27.7 Å². The van der Waals surface area contributed by atoms with Crippen molar-refractivity contribution in [1.82, 2.24) is 14.9 Å². The van der Waals surface area contributed by atoms with E-state index >= 15 is 0 Å². The zero-order chi connectivity index (χ0) is 19.0. The van der Waals surface area contributed by atoms with E-state index in [9.17, 15) is 0 Å². The van der Waals surface area contributed by atoms with E-state index in [1.165, 1.54) is 31.7 Å². The quantitative estimate of drug-likeness (QED) is 0.558. The molecule has 3 aliphatic rings. The molecule has 2 aliphatic heterocycles. The van der Waals surface area contributed by atoms with Gasteiger partial charge in [0.05, 0.1) is 33.9 Å². The van der Waals surface area contributed by atoms with Crippen LogP contribution in [0.3, 0.4) is 0 Å². The number of piperazine rings is 1. The summed E-state index contributed by atoms with van der Waals surface area (Å²) in [5.41, 5.74) is 6.12. The molecule has 1 fully saturated rings. The number of hydrogen-bond acceptors (Lipinski definition) is 4. The summed E-state index contributed by atoms with van der Waals surface area (Å²) in [6.07, 6.45) is 0. The monoisotopic (exact) mass is 381 g/mol. The fraction of sp³-hybridized carbons (Fsp3) is 0.455. The van der Waals surface area contributed by atoms with Gasteiger partial charge in [0.25, 0.3) is 0 Å². The Balaban J connectivity index is 1.94. The maximum absolute atomic E-state index is 5.08. The summed E-state index contributed by atoms with van der Waals surface area (Å²) >= 11 is 1.88. The van der Waals surface area contributed by atoms with Crippen LogP contribution in [-0.4, -0.2) is 44.3 Å². The second kappa shape index (κ2) is 7.56. The molecule has 1 N–H and O–H groups in total. The van der Waals surface area contributed by atoms with Gasteiger partial charge in [0, 0.05) is 30.9 Å². The van der Waals surface area contributed by atoms with Gasteiger partial charge < -0.3 is 10.2 Å². The van der Waals surface area contributed by atoms with Crippen LogP contribution in [0.5, 0.6) is 0 Å². The van der Waals surface area contributed by atoms with Crippen molar-refractivity contribution in [1.29, 1.82) is 0 Å². The summed E-state index contributed by atoms with van der Waals surface area (Å²) < 4.78 is 3.76. The minimum absolute atomic E-state index is 1.03. The van der Waals surface area contributed by atoms with E-state index in [0.717, 1.165) is 50.5 Å². The molecule has 0 atom stereocenters. The molecule has 27 heavy (non-hydrogen) atoms. The number of benzene rings is 2. The van der Waals surface area contributed by atoms with Crippen LogP contribution in [0, 0.1) is 13.8 Å². The van der Waals surface area contributed by atoms with Gasteiger partial charge in [-0.2, -0.15) is 0 Å². The molecule has 0 spiro atoms. The lowest BCUT2D eigenvalue weighted by atomic mass is 10.1. The number of fused-ring (bicyclic) bond motifs is 2. The van der Waals surface area contributed by atoms with E-state index < -0.39 is 0 Å². The first kappa shape index (κ1) is 18.4. The van der Waals surface area contributed by atoms with Crippen LogP contribution >= 0.6 is 11.3 Å². The number of aryl methyl sites for hydroxylation is 2. The fourth-order valence-electron chi connectivity index (χ4n) is 4.01. The van der Waals surface area contributed by atoms with Gasteiger partial charge >= 0.3 is 0 Å². The first-order chi connectivity index (χ1) is 13.1. The van der Waals surface area contributed by atoms with Gasteiger partial charge in [0.1, 0.15) is 0 Å². The zero-order valence-electron chi connectivity index (χ0n) is 16.8. The van der Waals surface area contributed by atoms with E-state index in [1.807, 2.05) is 11.3 Å². The second-order valence-corrected chi connectivity index (χ2v) is 8.43. The summed E-state index contributed by atoms with van der Waals surface area (Å²) in [6.45, 7) is 15.1. The van der Waals surface area contributed by atoms with Gasteiger partial charge in [0.15, 0.2) is 13.1 Å². The highest BCUT2D eigenvalue weighted by molar-refractivity contribution is 7.21. The molecule has 0 bridgehead atoms. The normalized spacial score (nSPS) is 14.9.